The van der Waals surface area contributed by atoms with Crippen molar-refractivity contribution in [2.24, 2.45) is 0 Å². The average Bonchev–Trinajstić information content (AvgIpc) is 2.93. The van der Waals surface area contributed by atoms with E-state index in [1.807, 2.05) is 0 Å². The molecule has 3 aromatic carbocycles. The van der Waals surface area contributed by atoms with Gasteiger partial charge < -0.3 is 18.9 Å². The third-order valence-corrected chi connectivity index (χ3v) is 5.69. The number of hydrogen-bond acceptors (Lipinski definition) is 8. The molecule has 0 aliphatic heterocycles. The molecule has 9 heteroatoms. The van der Waals surface area contributed by atoms with E-state index < -0.39 is 29.7 Å². The largest absolute Gasteiger partial charge is 0.423 e. The molecule has 0 atom stereocenters. The Balaban J connectivity index is 2.08. The van der Waals surface area contributed by atoms with Crippen molar-refractivity contribution in [3.8, 4) is 45.3 Å². The molecular formula is C34H29FO8. The third-order valence-electron chi connectivity index (χ3n) is 5.69. The number of ether oxygens (including phenoxy) is 4. The molecule has 0 amide bonds. The first kappa shape index (κ1) is 32.0. The molecule has 3 rings (SSSR count). The highest BCUT2D eigenvalue weighted by atomic mass is 19.1. The van der Waals surface area contributed by atoms with E-state index in [1.54, 1.807) is 30.3 Å². The van der Waals surface area contributed by atoms with Gasteiger partial charge in [0.05, 0.1) is 5.56 Å². The highest BCUT2D eigenvalue weighted by Gasteiger charge is 2.21. The molecule has 0 spiro atoms. The van der Waals surface area contributed by atoms with E-state index in [2.05, 4.69) is 26.3 Å². The minimum absolute atomic E-state index is 0.0697. The van der Waals surface area contributed by atoms with E-state index in [0.29, 0.717) is 16.7 Å². The van der Waals surface area contributed by atoms with Gasteiger partial charge in [-0.2, -0.15) is 0 Å². The summed E-state index contributed by atoms with van der Waals surface area (Å²) in [6.45, 7) is 20.0. The maximum atomic E-state index is 15.5. The zero-order valence-electron chi connectivity index (χ0n) is 24.2. The summed E-state index contributed by atoms with van der Waals surface area (Å²) >= 11 is 0. The van der Waals surface area contributed by atoms with Gasteiger partial charge in [0, 0.05) is 46.1 Å². The van der Waals surface area contributed by atoms with Crippen LogP contribution in [0.25, 0.3) is 22.3 Å². The number of esters is 4. The van der Waals surface area contributed by atoms with E-state index in [0.717, 1.165) is 6.07 Å². The summed E-state index contributed by atoms with van der Waals surface area (Å²) < 4.78 is 36.8. The van der Waals surface area contributed by atoms with Crippen LogP contribution in [0.2, 0.25) is 0 Å². The smallest absolute Gasteiger partial charge is 0.338 e. The summed E-state index contributed by atoms with van der Waals surface area (Å²) in [6, 6.07) is 13.1. The fraction of sp³-hybridized carbons (Fsp3) is 0.118. The van der Waals surface area contributed by atoms with Crippen LogP contribution < -0.4 is 18.9 Å². The number of benzene rings is 3. The van der Waals surface area contributed by atoms with Gasteiger partial charge in [-0.25, -0.2) is 23.6 Å². The molecule has 0 heterocycles. The number of carbonyl (C=O) groups excluding carboxylic acids is 4. The first-order chi connectivity index (χ1) is 20.2. The molecule has 0 aromatic heterocycles. The molecule has 0 saturated heterocycles. The second kappa shape index (κ2) is 13.4. The monoisotopic (exact) mass is 584 g/mol. The minimum atomic E-state index is -0.830. The third kappa shape index (κ3) is 8.01. The molecular weight excluding hydrogens is 555 g/mol. The van der Waals surface area contributed by atoms with Crippen LogP contribution in [0, 0.1) is 5.82 Å². The lowest BCUT2D eigenvalue weighted by Crippen LogP contribution is -2.12. The molecule has 43 heavy (non-hydrogen) atoms. The van der Waals surface area contributed by atoms with Crippen molar-refractivity contribution in [3.63, 3.8) is 0 Å². The predicted molar refractivity (Wildman–Crippen MR) is 159 cm³/mol. The Labute approximate surface area is 248 Å². The van der Waals surface area contributed by atoms with E-state index >= 15 is 4.39 Å². The Morgan fingerprint density at radius 2 is 0.953 bits per heavy atom. The zero-order valence-corrected chi connectivity index (χ0v) is 24.2. The van der Waals surface area contributed by atoms with Crippen LogP contribution in [0.3, 0.4) is 0 Å². The molecule has 8 nitrogen and oxygen atoms in total. The quantitative estimate of drug-likeness (QED) is 0.141. The predicted octanol–water partition coefficient (Wildman–Crippen LogP) is 7.09. The summed E-state index contributed by atoms with van der Waals surface area (Å²) in [7, 11) is 0. The Morgan fingerprint density at radius 1 is 0.535 bits per heavy atom. The lowest BCUT2D eigenvalue weighted by molar-refractivity contribution is -0.131. The van der Waals surface area contributed by atoms with Gasteiger partial charge in [-0.1, -0.05) is 50.6 Å². The highest BCUT2D eigenvalue weighted by Crippen LogP contribution is 2.39. The van der Waals surface area contributed by atoms with Crippen molar-refractivity contribution < 1.29 is 42.5 Å². The normalized spacial score (nSPS) is 10.3. The van der Waals surface area contributed by atoms with Gasteiger partial charge in [0.15, 0.2) is 0 Å². The van der Waals surface area contributed by atoms with Crippen molar-refractivity contribution in [2.75, 3.05) is 0 Å². The second-order valence-electron chi connectivity index (χ2n) is 9.69. The summed E-state index contributed by atoms with van der Waals surface area (Å²) in [5, 5.41) is 0. The van der Waals surface area contributed by atoms with Gasteiger partial charge in [-0.3, -0.25) is 0 Å². The van der Waals surface area contributed by atoms with Crippen LogP contribution in [-0.2, 0) is 19.2 Å². The molecule has 0 aliphatic rings. The highest BCUT2D eigenvalue weighted by molar-refractivity contribution is 5.93. The first-order valence-electron chi connectivity index (χ1n) is 12.8. The average molecular weight is 585 g/mol. The summed E-state index contributed by atoms with van der Waals surface area (Å²) in [5.74, 6) is -3.95. The van der Waals surface area contributed by atoms with Gasteiger partial charge >= 0.3 is 23.9 Å². The second-order valence-corrected chi connectivity index (χ2v) is 9.69. The number of halogens is 1. The van der Waals surface area contributed by atoms with E-state index in [-0.39, 0.29) is 50.9 Å². The Hall–Kier alpha value is -5.57. The fourth-order valence-electron chi connectivity index (χ4n) is 3.45. The van der Waals surface area contributed by atoms with Gasteiger partial charge in [0.2, 0.25) is 0 Å². The Morgan fingerprint density at radius 3 is 1.47 bits per heavy atom. The topological polar surface area (TPSA) is 105 Å². The molecule has 0 fully saturated rings. The Kier molecular flexibility index (Phi) is 9.95. The minimum Gasteiger partial charge on any atom is -0.423 e. The molecule has 3 aromatic rings. The van der Waals surface area contributed by atoms with Crippen molar-refractivity contribution in [2.45, 2.75) is 27.7 Å². The molecule has 0 unspecified atom stereocenters. The van der Waals surface area contributed by atoms with Crippen LogP contribution in [0.1, 0.15) is 27.7 Å². The van der Waals surface area contributed by atoms with Crippen molar-refractivity contribution in [1.29, 1.82) is 0 Å². The standard InChI is InChI=1S/C34H29FO8/c1-18(2)31(36)40-24-13-14-26(28(16-24)42-33(38)20(5)6)22-9-11-23(12-10-22)30-27(35)15-25(41-32(37)19(3)4)17-29(30)43-34(39)21(7)8/h9-17H,1,3,5,7H2,2,4,6,8H3. The lowest BCUT2D eigenvalue weighted by atomic mass is 9.98. The van der Waals surface area contributed by atoms with Crippen molar-refractivity contribution in [1.82, 2.24) is 0 Å². The van der Waals surface area contributed by atoms with Crippen molar-refractivity contribution in [3.05, 3.63) is 109 Å². The van der Waals surface area contributed by atoms with Crippen LogP contribution in [-0.4, -0.2) is 23.9 Å². The van der Waals surface area contributed by atoms with Crippen LogP contribution in [0.4, 0.5) is 4.39 Å². The summed E-state index contributed by atoms with van der Waals surface area (Å²) in [4.78, 5) is 48.7. The van der Waals surface area contributed by atoms with E-state index in [9.17, 15) is 19.2 Å². The van der Waals surface area contributed by atoms with Crippen LogP contribution in [0.5, 0.6) is 23.0 Å². The molecule has 0 saturated carbocycles. The van der Waals surface area contributed by atoms with E-state index in [1.165, 1.54) is 45.9 Å². The summed E-state index contributed by atoms with van der Waals surface area (Å²) in [6.07, 6.45) is 0. The van der Waals surface area contributed by atoms with Crippen LogP contribution >= 0.6 is 0 Å². The van der Waals surface area contributed by atoms with Gasteiger partial charge in [-0.05, 0) is 51.0 Å². The fourth-order valence-corrected chi connectivity index (χ4v) is 3.45. The molecule has 0 bridgehead atoms. The lowest BCUT2D eigenvalue weighted by Gasteiger charge is -2.15. The van der Waals surface area contributed by atoms with Crippen molar-refractivity contribution >= 4 is 23.9 Å². The molecule has 0 radical (unpaired) electrons. The molecule has 0 N–H and O–H groups in total. The van der Waals surface area contributed by atoms with E-state index in [4.69, 9.17) is 18.9 Å². The number of hydrogen-bond donors (Lipinski definition) is 0. The van der Waals surface area contributed by atoms with Gasteiger partial charge in [-0.15, -0.1) is 0 Å². The SMILES string of the molecule is C=C(C)C(=O)Oc1ccc(-c2ccc(-c3c(F)cc(OC(=O)C(=C)C)cc3OC(=O)C(=C)C)cc2)c(OC(=O)C(=C)C)c1. The first-order valence-corrected chi connectivity index (χ1v) is 12.8. The zero-order chi connectivity index (χ0) is 32.0. The Bertz CT molecular complexity index is 1700. The molecule has 220 valence electrons. The maximum absolute atomic E-state index is 15.5. The van der Waals surface area contributed by atoms with Gasteiger partial charge in [0.1, 0.15) is 28.8 Å². The van der Waals surface area contributed by atoms with Gasteiger partial charge in [0.25, 0.3) is 0 Å². The number of rotatable bonds is 10. The maximum Gasteiger partial charge on any atom is 0.338 e. The number of carbonyl (C=O) groups is 4. The molecule has 0 aliphatic carbocycles. The summed E-state index contributed by atoms with van der Waals surface area (Å²) in [5.41, 5.74) is 1.74. The van der Waals surface area contributed by atoms with Crippen LogP contribution in [0.15, 0.2) is 103 Å².